The highest BCUT2D eigenvalue weighted by atomic mass is 19.1. The summed E-state index contributed by atoms with van der Waals surface area (Å²) < 4.78 is 18.5. The monoisotopic (exact) mass is 298 g/mol. The molecule has 114 valence electrons. The van der Waals surface area contributed by atoms with Crippen LogP contribution in [0, 0.1) is 18.2 Å². The number of nitrogens with one attached hydrogen (secondary N) is 1. The predicted octanol–water partition coefficient (Wildman–Crippen LogP) is 3.52. The van der Waals surface area contributed by atoms with Gasteiger partial charge >= 0.3 is 0 Å². The molecule has 0 aromatic heterocycles. The molecule has 2 aromatic carbocycles. The van der Waals surface area contributed by atoms with Crippen LogP contribution in [0.15, 0.2) is 42.5 Å². The van der Waals surface area contributed by atoms with Crippen LogP contribution >= 0.6 is 0 Å². The molecule has 0 aliphatic rings. The van der Waals surface area contributed by atoms with Crippen LogP contribution in [-0.2, 0) is 6.54 Å². The van der Waals surface area contributed by atoms with Crippen molar-refractivity contribution < 1.29 is 9.13 Å². The van der Waals surface area contributed by atoms with Crippen LogP contribution in [0.1, 0.15) is 5.56 Å². The lowest BCUT2D eigenvalue weighted by molar-refractivity contribution is 0.414. The van der Waals surface area contributed by atoms with Gasteiger partial charge in [-0.15, -0.1) is 6.42 Å². The molecule has 0 aliphatic carbocycles. The number of anilines is 2. The summed E-state index contributed by atoms with van der Waals surface area (Å²) in [6, 6.07) is 12.3. The highest BCUT2D eigenvalue weighted by molar-refractivity contribution is 5.65. The molecule has 0 fully saturated rings. The Bertz CT molecular complexity index is 662. The smallest absolute Gasteiger partial charge is 0.144 e. The quantitative estimate of drug-likeness (QED) is 0.826. The summed E-state index contributed by atoms with van der Waals surface area (Å²) in [4.78, 5) is 2.02. The number of halogens is 1. The van der Waals surface area contributed by atoms with Crippen molar-refractivity contribution in [3.63, 3.8) is 0 Å². The minimum absolute atomic E-state index is 0.247. The molecular formula is C18H19FN2O. The van der Waals surface area contributed by atoms with E-state index in [9.17, 15) is 4.39 Å². The van der Waals surface area contributed by atoms with Gasteiger partial charge in [0.25, 0.3) is 0 Å². The molecule has 0 saturated carbocycles. The third-order valence-electron chi connectivity index (χ3n) is 3.38. The van der Waals surface area contributed by atoms with E-state index >= 15 is 0 Å². The van der Waals surface area contributed by atoms with E-state index in [1.54, 1.807) is 19.2 Å². The number of methoxy groups -OCH3 is 1. The van der Waals surface area contributed by atoms with Gasteiger partial charge in [0.05, 0.1) is 19.3 Å². The van der Waals surface area contributed by atoms with Crippen LogP contribution in [0.3, 0.4) is 0 Å². The maximum absolute atomic E-state index is 13.0. The first-order chi connectivity index (χ1) is 10.7. The number of nitrogens with zero attached hydrogens (tertiary/aromatic N) is 1. The summed E-state index contributed by atoms with van der Waals surface area (Å²) in [5.74, 6) is 3.15. The lowest BCUT2D eigenvalue weighted by Gasteiger charge is -2.25. The van der Waals surface area contributed by atoms with Crippen molar-refractivity contribution in [1.82, 2.24) is 0 Å². The van der Waals surface area contributed by atoms with Crippen molar-refractivity contribution in [3.8, 4) is 18.1 Å². The van der Waals surface area contributed by atoms with Gasteiger partial charge in [0, 0.05) is 25.3 Å². The molecule has 0 spiro atoms. The summed E-state index contributed by atoms with van der Waals surface area (Å²) >= 11 is 0. The van der Waals surface area contributed by atoms with Crippen LogP contribution in [-0.4, -0.2) is 20.7 Å². The number of hydrogen-bond acceptors (Lipinski definition) is 3. The second kappa shape index (κ2) is 7.37. The Kier molecular flexibility index (Phi) is 5.26. The Morgan fingerprint density at radius 1 is 1.23 bits per heavy atom. The van der Waals surface area contributed by atoms with Gasteiger partial charge in [-0.3, -0.25) is 0 Å². The fourth-order valence-corrected chi connectivity index (χ4v) is 2.24. The van der Waals surface area contributed by atoms with E-state index in [4.69, 9.17) is 11.2 Å². The number of benzene rings is 2. The Labute approximate surface area is 130 Å². The molecule has 1 N–H and O–H groups in total. The zero-order valence-electron chi connectivity index (χ0n) is 12.8. The van der Waals surface area contributed by atoms with Crippen molar-refractivity contribution in [2.75, 3.05) is 30.9 Å². The summed E-state index contributed by atoms with van der Waals surface area (Å²) in [5, 5.41) is 3.08. The Morgan fingerprint density at radius 2 is 1.95 bits per heavy atom. The maximum atomic E-state index is 13.0. The second-order valence-corrected chi connectivity index (χ2v) is 4.82. The molecular weight excluding hydrogens is 279 g/mol. The van der Waals surface area contributed by atoms with E-state index in [-0.39, 0.29) is 5.82 Å². The molecule has 0 saturated heterocycles. The van der Waals surface area contributed by atoms with Crippen LogP contribution in [0.4, 0.5) is 15.8 Å². The van der Waals surface area contributed by atoms with E-state index in [0.717, 1.165) is 22.7 Å². The van der Waals surface area contributed by atoms with Gasteiger partial charge in [-0.1, -0.05) is 18.1 Å². The summed E-state index contributed by atoms with van der Waals surface area (Å²) in [7, 11) is 3.48. The van der Waals surface area contributed by atoms with Crippen LogP contribution in [0.25, 0.3) is 0 Å². The zero-order chi connectivity index (χ0) is 15.9. The standard InChI is InChI=1S/C18H19FN2O/c1-4-11-21(13-14-5-7-15(19)8-6-14)17-10-9-16(20-2)12-18(17)22-3/h1,5-10,12,20H,11,13H2,2-3H3. The Balaban J connectivity index is 2.31. The molecule has 22 heavy (non-hydrogen) atoms. The molecule has 0 radical (unpaired) electrons. The number of hydrogen-bond donors (Lipinski definition) is 1. The summed E-state index contributed by atoms with van der Waals surface area (Å²) in [6.45, 7) is 1.02. The first-order valence-electron chi connectivity index (χ1n) is 6.96. The molecule has 4 heteroatoms. The van der Waals surface area contributed by atoms with Crippen molar-refractivity contribution in [2.24, 2.45) is 0 Å². The summed E-state index contributed by atoms with van der Waals surface area (Å²) in [5.41, 5.74) is 2.85. The average molecular weight is 298 g/mol. The normalized spacial score (nSPS) is 9.91. The number of rotatable bonds is 6. The SMILES string of the molecule is C#CCN(Cc1ccc(F)cc1)c1ccc(NC)cc1OC. The fraction of sp³-hybridized carbons (Fsp3) is 0.222. The molecule has 3 nitrogen and oxygen atoms in total. The number of terminal acetylenes is 1. The van der Waals surface area contributed by atoms with E-state index in [1.165, 1.54) is 12.1 Å². The first-order valence-corrected chi connectivity index (χ1v) is 6.96. The van der Waals surface area contributed by atoms with Crippen molar-refractivity contribution in [1.29, 1.82) is 0 Å². The zero-order valence-corrected chi connectivity index (χ0v) is 12.8. The highest BCUT2D eigenvalue weighted by Crippen LogP contribution is 2.32. The first kappa shape index (κ1) is 15.7. The molecule has 0 aliphatic heterocycles. The van der Waals surface area contributed by atoms with E-state index in [0.29, 0.717) is 13.1 Å². The third-order valence-corrected chi connectivity index (χ3v) is 3.38. The third kappa shape index (κ3) is 3.70. The van der Waals surface area contributed by atoms with E-state index < -0.39 is 0 Å². The molecule has 0 amide bonds. The van der Waals surface area contributed by atoms with Gasteiger partial charge in [-0.25, -0.2) is 4.39 Å². The van der Waals surface area contributed by atoms with Crippen LogP contribution < -0.4 is 15.0 Å². The largest absolute Gasteiger partial charge is 0.495 e. The molecule has 2 aromatic rings. The van der Waals surface area contributed by atoms with E-state index in [2.05, 4.69) is 11.2 Å². The van der Waals surface area contributed by atoms with Gasteiger partial charge in [0.2, 0.25) is 0 Å². The van der Waals surface area contributed by atoms with Crippen molar-refractivity contribution in [2.45, 2.75) is 6.54 Å². The highest BCUT2D eigenvalue weighted by Gasteiger charge is 2.12. The number of ether oxygens (including phenoxy) is 1. The molecule has 0 unspecified atom stereocenters. The molecule has 0 heterocycles. The maximum Gasteiger partial charge on any atom is 0.144 e. The second-order valence-electron chi connectivity index (χ2n) is 4.82. The molecule has 0 atom stereocenters. The van der Waals surface area contributed by atoms with Gasteiger partial charge in [0.15, 0.2) is 0 Å². The van der Waals surface area contributed by atoms with Crippen LogP contribution in [0.5, 0.6) is 5.75 Å². The summed E-state index contributed by atoms with van der Waals surface area (Å²) in [6.07, 6.45) is 5.49. The lowest BCUT2D eigenvalue weighted by atomic mass is 10.1. The van der Waals surface area contributed by atoms with Gasteiger partial charge < -0.3 is 15.0 Å². The van der Waals surface area contributed by atoms with Gasteiger partial charge in [-0.05, 0) is 29.8 Å². The van der Waals surface area contributed by atoms with Gasteiger partial charge in [0.1, 0.15) is 11.6 Å². The van der Waals surface area contributed by atoms with Gasteiger partial charge in [-0.2, -0.15) is 0 Å². The molecule has 0 bridgehead atoms. The molecule has 2 rings (SSSR count). The minimum Gasteiger partial charge on any atom is -0.495 e. The topological polar surface area (TPSA) is 24.5 Å². The van der Waals surface area contributed by atoms with Crippen molar-refractivity contribution >= 4 is 11.4 Å². The lowest BCUT2D eigenvalue weighted by Crippen LogP contribution is -2.23. The predicted molar refractivity (Wildman–Crippen MR) is 88.8 cm³/mol. The van der Waals surface area contributed by atoms with Crippen LogP contribution in [0.2, 0.25) is 0 Å². The van der Waals surface area contributed by atoms with Crippen molar-refractivity contribution in [3.05, 3.63) is 53.8 Å². The average Bonchev–Trinajstić information content (AvgIpc) is 2.55. The minimum atomic E-state index is -0.247. The Hall–Kier alpha value is -2.67. The van der Waals surface area contributed by atoms with E-state index in [1.807, 2.05) is 30.1 Å². The Morgan fingerprint density at radius 3 is 2.55 bits per heavy atom. The fourth-order valence-electron chi connectivity index (χ4n) is 2.24.